The van der Waals surface area contributed by atoms with Gasteiger partial charge < -0.3 is 29.5 Å². The highest BCUT2D eigenvalue weighted by Gasteiger charge is 2.55. The molecule has 2 saturated heterocycles. The van der Waals surface area contributed by atoms with E-state index in [1.165, 1.54) is 11.3 Å². The number of fused-ring (bicyclic) bond motifs is 3. The van der Waals surface area contributed by atoms with Gasteiger partial charge in [-0.25, -0.2) is 9.97 Å². The van der Waals surface area contributed by atoms with Gasteiger partial charge in [0.25, 0.3) is 0 Å². The van der Waals surface area contributed by atoms with Crippen LogP contribution >= 0.6 is 0 Å². The molecule has 226 valence electrons. The third-order valence-electron chi connectivity index (χ3n) is 8.77. The summed E-state index contributed by atoms with van der Waals surface area (Å²) >= 11 is 0. The first-order valence-electron chi connectivity index (χ1n) is 14.7. The monoisotopic (exact) mass is 592 g/mol. The smallest absolute Gasteiger partial charge is 0.229 e. The van der Waals surface area contributed by atoms with Gasteiger partial charge >= 0.3 is 0 Å². The van der Waals surface area contributed by atoms with E-state index in [-0.39, 0.29) is 17.1 Å². The molecule has 0 saturated carbocycles. The molecule has 10 nitrogen and oxygen atoms in total. The number of nitrogens with zero attached hydrogens (tertiary/aromatic N) is 6. The predicted molar refractivity (Wildman–Crippen MR) is 173 cm³/mol. The molecule has 2 atom stereocenters. The molecule has 1 aromatic carbocycles. The first-order chi connectivity index (χ1) is 19.8. The number of likely N-dealkylation sites (N-methyl/N-ethyl adjacent to an activating group) is 1. The molecule has 0 radical (unpaired) electrons. The molecule has 3 aromatic rings. The van der Waals surface area contributed by atoms with E-state index in [4.69, 9.17) is 19.7 Å². The van der Waals surface area contributed by atoms with E-state index in [0.717, 1.165) is 55.5 Å². The van der Waals surface area contributed by atoms with E-state index in [9.17, 15) is 4.21 Å². The van der Waals surface area contributed by atoms with Gasteiger partial charge in [0.1, 0.15) is 17.5 Å². The number of thiol groups is 1. The molecule has 3 aliphatic rings. The number of aryl methyl sites for hydroxylation is 1. The normalized spacial score (nSPS) is 24.2. The zero-order valence-electron chi connectivity index (χ0n) is 25.8. The van der Waals surface area contributed by atoms with Gasteiger partial charge in [-0.05, 0) is 80.3 Å². The topological polar surface area (TPSA) is 98.8 Å². The maximum Gasteiger partial charge on any atom is 0.229 e. The SMILES string of the molecule is Cc1cc(Nc2ncc3c(n2)N(c2cccc(N[SH](C)(C)=O)n2)[C@@H]2CC(C)(C)OC[C@]32C)ccc1N1CCN(C)CC1. The second-order valence-corrected chi connectivity index (χ2v) is 16.2. The summed E-state index contributed by atoms with van der Waals surface area (Å²) in [6.07, 6.45) is 6.15. The summed E-state index contributed by atoms with van der Waals surface area (Å²) in [5.74, 6) is 2.71. The fraction of sp³-hybridized carbons (Fsp3) is 0.516. The number of piperazine rings is 1. The van der Waals surface area contributed by atoms with Gasteiger partial charge in [0.15, 0.2) is 0 Å². The first-order valence-corrected chi connectivity index (χ1v) is 17.3. The van der Waals surface area contributed by atoms with Crippen molar-refractivity contribution in [2.75, 3.05) is 72.2 Å². The molecule has 3 aliphatic heterocycles. The van der Waals surface area contributed by atoms with Crippen molar-refractivity contribution in [3.8, 4) is 0 Å². The van der Waals surface area contributed by atoms with Gasteiger partial charge in [-0.15, -0.1) is 0 Å². The lowest BCUT2D eigenvalue weighted by Gasteiger charge is -2.46. The lowest BCUT2D eigenvalue weighted by molar-refractivity contribution is -0.0893. The van der Waals surface area contributed by atoms with Gasteiger partial charge in [-0.3, -0.25) is 4.21 Å². The minimum Gasteiger partial charge on any atom is -0.374 e. The van der Waals surface area contributed by atoms with E-state index in [0.29, 0.717) is 18.4 Å². The van der Waals surface area contributed by atoms with Gasteiger partial charge in [-0.2, -0.15) is 4.98 Å². The highest BCUT2D eigenvalue weighted by atomic mass is 32.3. The fourth-order valence-electron chi connectivity index (χ4n) is 6.42. The van der Waals surface area contributed by atoms with Crippen LogP contribution in [0, 0.1) is 6.92 Å². The quantitative estimate of drug-likeness (QED) is 0.363. The molecule has 0 aliphatic carbocycles. The molecular formula is C31H44N8O2S. The van der Waals surface area contributed by atoms with Crippen LogP contribution in [-0.4, -0.2) is 88.0 Å². The van der Waals surface area contributed by atoms with Crippen molar-refractivity contribution in [2.45, 2.75) is 51.2 Å². The lowest BCUT2D eigenvalue weighted by atomic mass is 9.73. The molecule has 2 aromatic heterocycles. The van der Waals surface area contributed by atoms with Crippen LogP contribution in [0.5, 0.6) is 0 Å². The molecule has 6 rings (SSSR count). The molecule has 5 heterocycles. The van der Waals surface area contributed by atoms with Gasteiger partial charge in [0.05, 0.1) is 18.2 Å². The number of anilines is 6. The summed E-state index contributed by atoms with van der Waals surface area (Å²) < 4.78 is 22.0. The van der Waals surface area contributed by atoms with Crippen LogP contribution in [0.3, 0.4) is 0 Å². The molecule has 0 spiro atoms. The van der Waals surface area contributed by atoms with Crippen molar-refractivity contribution < 1.29 is 8.95 Å². The van der Waals surface area contributed by atoms with Gasteiger partial charge in [-0.1, -0.05) is 13.0 Å². The zero-order valence-corrected chi connectivity index (χ0v) is 26.7. The van der Waals surface area contributed by atoms with Crippen molar-refractivity contribution in [3.05, 3.63) is 53.7 Å². The Bertz CT molecular complexity index is 1530. The largest absolute Gasteiger partial charge is 0.374 e. The molecule has 0 amide bonds. The van der Waals surface area contributed by atoms with Crippen molar-refractivity contribution in [1.29, 1.82) is 0 Å². The minimum atomic E-state index is -2.53. The Labute approximate surface area is 250 Å². The Morgan fingerprint density at radius 1 is 1.05 bits per heavy atom. The third kappa shape index (κ3) is 5.57. The van der Waals surface area contributed by atoms with Gasteiger partial charge in [0.2, 0.25) is 5.95 Å². The highest BCUT2D eigenvalue weighted by Crippen LogP contribution is 2.53. The number of benzene rings is 1. The summed E-state index contributed by atoms with van der Waals surface area (Å²) in [6, 6.07) is 12.3. The van der Waals surface area contributed by atoms with Crippen molar-refractivity contribution >= 4 is 44.9 Å². The molecular weight excluding hydrogens is 548 g/mol. The van der Waals surface area contributed by atoms with Crippen LogP contribution in [-0.2, 0) is 20.3 Å². The van der Waals surface area contributed by atoms with E-state index in [1.807, 2.05) is 24.4 Å². The molecule has 0 bridgehead atoms. The van der Waals surface area contributed by atoms with Crippen molar-refractivity contribution in [3.63, 3.8) is 0 Å². The average Bonchev–Trinajstić information content (AvgIpc) is 3.15. The maximum atomic E-state index is 12.5. The molecule has 11 heteroatoms. The van der Waals surface area contributed by atoms with Crippen LogP contribution in [0.4, 0.5) is 34.8 Å². The standard InChI is InChI=1S/C31H44N8O2S/c1-21-17-22(11-12-24(21)38-15-13-37(5)14-16-38)33-29-32-19-23-28(35-29)39(25-18-30(2,3)41-20-31(23,25)4)27-10-8-9-26(34-27)36-42(6,7)40/h8-12,17,19,25,42H,13-16,18,20H2,1-7H3,(H,32,33,35)(H,34,36,40)/t25-,31-/m1/s1. The molecule has 0 unspecified atom stereocenters. The highest BCUT2D eigenvalue weighted by molar-refractivity contribution is 8.02. The maximum absolute atomic E-state index is 12.5. The van der Waals surface area contributed by atoms with Crippen LogP contribution < -0.4 is 19.8 Å². The van der Waals surface area contributed by atoms with Crippen molar-refractivity contribution in [1.82, 2.24) is 19.9 Å². The molecule has 42 heavy (non-hydrogen) atoms. The molecule has 2 N–H and O–H groups in total. The Kier molecular flexibility index (Phi) is 7.18. The van der Waals surface area contributed by atoms with E-state index in [1.54, 1.807) is 12.5 Å². The molecule has 2 fully saturated rings. The number of hydrogen-bond acceptors (Lipinski definition) is 9. The predicted octanol–water partition coefficient (Wildman–Crippen LogP) is 4.26. The summed E-state index contributed by atoms with van der Waals surface area (Å²) in [4.78, 5) is 21.8. The summed E-state index contributed by atoms with van der Waals surface area (Å²) in [5.41, 5.74) is 3.90. The number of aromatic nitrogens is 3. The Morgan fingerprint density at radius 2 is 1.81 bits per heavy atom. The Balaban J connectivity index is 1.34. The number of nitrogens with one attached hydrogen (secondary N) is 2. The first kappa shape index (κ1) is 28.8. The summed E-state index contributed by atoms with van der Waals surface area (Å²) in [7, 11) is -0.350. The Morgan fingerprint density at radius 3 is 2.52 bits per heavy atom. The second-order valence-electron chi connectivity index (χ2n) is 13.2. The summed E-state index contributed by atoms with van der Waals surface area (Å²) in [5, 5.41) is 3.46. The summed E-state index contributed by atoms with van der Waals surface area (Å²) in [6.45, 7) is 13.4. The van der Waals surface area contributed by atoms with Crippen LogP contribution in [0.25, 0.3) is 0 Å². The van der Waals surface area contributed by atoms with Crippen molar-refractivity contribution in [2.24, 2.45) is 0 Å². The van der Waals surface area contributed by atoms with Crippen LogP contribution in [0.1, 0.15) is 38.3 Å². The minimum absolute atomic E-state index is 0.0729. The third-order valence-corrected chi connectivity index (χ3v) is 9.54. The lowest BCUT2D eigenvalue weighted by Crippen LogP contribution is -2.54. The fourth-order valence-corrected chi connectivity index (χ4v) is 7.10. The number of ether oxygens (including phenoxy) is 1. The van der Waals surface area contributed by atoms with Gasteiger partial charge in [0, 0.05) is 67.2 Å². The average molecular weight is 593 g/mol. The van der Waals surface area contributed by atoms with E-state index < -0.39 is 10.1 Å². The number of pyridine rings is 1. The van der Waals surface area contributed by atoms with Crippen LogP contribution in [0.2, 0.25) is 0 Å². The Hall–Kier alpha value is -3.28. The van der Waals surface area contributed by atoms with E-state index >= 15 is 0 Å². The zero-order chi connectivity index (χ0) is 29.9. The van der Waals surface area contributed by atoms with Crippen LogP contribution in [0.15, 0.2) is 42.6 Å². The number of rotatable bonds is 6. The second kappa shape index (κ2) is 10.5. The number of hydrogen-bond donors (Lipinski definition) is 3. The van der Waals surface area contributed by atoms with E-state index in [2.05, 4.69) is 77.7 Å².